The first-order valence-corrected chi connectivity index (χ1v) is 7.53. The van der Waals surface area contributed by atoms with Crippen LogP contribution < -0.4 is 5.32 Å². The van der Waals surface area contributed by atoms with Crippen LogP contribution in [0.1, 0.15) is 25.7 Å². The van der Waals surface area contributed by atoms with Crippen molar-refractivity contribution in [2.24, 2.45) is 18.9 Å². The van der Waals surface area contributed by atoms with Crippen molar-refractivity contribution in [2.75, 3.05) is 12.3 Å². The third-order valence-electron chi connectivity index (χ3n) is 3.64. The zero-order valence-corrected chi connectivity index (χ0v) is 11.1. The third-order valence-corrected chi connectivity index (χ3v) is 4.68. The Kier molecular flexibility index (Phi) is 3.38. The van der Waals surface area contributed by atoms with Crippen molar-refractivity contribution >= 4 is 11.8 Å². The molecule has 2 aliphatic carbocycles. The molecule has 0 amide bonds. The van der Waals surface area contributed by atoms with Gasteiger partial charge in [0.2, 0.25) is 0 Å². The van der Waals surface area contributed by atoms with Crippen LogP contribution in [0.15, 0.2) is 11.5 Å². The van der Waals surface area contributed by atoms with Crippen molar-refractivity contribution in [1.29, 1.82) is 0 Å². The van der Waals surface area contributed by atoms with Crippen LogP contribution >= 0.6 is 11.8 Å². The Balaban J connectivity index is 1.38. The second-order valence-electron chi connectivity index (χ2n) is 5.17. The number of nitrogens with one attached hydrogen (secondary N) is 1. The molecule has 5 heteroatoms. The smallest absolute Gasteiger partial charge is 0.185 e. The standard InChI is InChI=1S/C12H20N4S/c1-16-12(14-8-15-16)17-7-6-13-11(9-2-3-9)10-4-5-10/h8-11,13H,2-7H2,1H3. The van der Waals surface area contributed by atoms with Gasteiger partial charge in [-0.2, -0.15) is 5.10 Å². The molecule has 17 heavy (non-hydrogen) atoms. The van der Waals surface area contributed by atoms with Crippen molar-refractivity contribution < 1.29 is 0 Å². The number of aromatic nitrogens is 3. The summed E-state index contributed by atoms with van der Waals surface area (Å²) in [6, 6.07) is 0.815. The van der Waals surface area contributed by atoms with E-state index in [0.717, 1.165) is 35.3 Å². The van der Waals surface area contributed by atoms with Crippen molar-refractivity contribution in [2.45, 2.75) is 36.9 Å². The Hall–Kier alpha value is -0.550. The van der Waals surface area contributed by atoms with Gasteiger partial charge in [-0.3, -0.25) is 0 Å². The van der Waals surface area contributed by atoms with Gasteiger partial charge in [-0.25, -0.2) is 9.67 Å². The molecule has 2 saturated carbocycles. The lowest BCUT2D eigenvalue weighted by Crippen LogP contribution is -2.34. The highest BCUT2D eigenvalue weighted by Crippen LogP contribution is 2.44. The normalized spacial score (nSPS) is 20.1. The Morgan fingerprint density at radius 2 is 2.12 bits per heavy atom. The van der Waals surface area contributed by atoms with Crippen LogP contribution in [0, 0.1) is 11.8 Å². The highest BCUT2D eigenvalue weighted by molar-refractivity contribution is 7.99. The zero-order chi connectivity index (χ0) is 11.7. The van der Waals surface area contributed by atoms with Crippen LogP contribution in [0.4, 0.5) is 0 Å². The first-order valence-electron chi connectivity index (χ1n) is 6.55. The minimum atomic E-state index is 0.815. The molecule has 2 aliphatic rings. The number of hydrogen-bond donors (Lipinski definition) is 1. The fraction of sp³-hybridized carbons (Fsp3) is 0.833. The molecule has 0 spiro atoms. The van der Waals surface area contributed by atoms with Crippen molar-refractivity contribution in [3.63, 3.8) is 0 Å². The summed E-state index contributed by atoms with van der Waals surface area (Å²) < 4.78 is 1.84. The Labute approximate surface area is 107 Å². The zero-order valence-electron chi connectivity index (χ0n) is 10.3. The van der Waals surface area contributed by atoms with E-state index in [1.54, 1.807) is 18.1 Å². The number of rotatable bonds is 7. The van der Waals surface area contributed by atoms with Gasteiger partial charge in [0.25, 0.3) is 0 Å². The molecule has 4 nitrogen and oxygen atoms in total. The largest absolute Gasteiger partial charge is 0.313 e. The van der Waals surface area contributed by atoms with Gasteiger partial charge in [0.1, 0.15) is 6.33 Å². The minimum Gasteiger partial charge on any atom is -0.313 e. The average Bonchev–Trinajstić information content (AvgIpc) is 3.21. The first-order chi connectivity index (χ1) is 8.34. The topological polar surface area (TPSA) is 42.7 Å². The van der Waals surface area contributed by atoms with E-state index in [-0.39, 0.29) is 0 Å². The second-order valence-corrected chi connectivity index (χ2v) is 6.23. The van der Waals surface area contributed by atoms with Crippen LogP contribution in [0.25, 0.3) is 0 Å². The maximum absolute atomic E-state index is 4.21. The Morgan fingerprint density at radius 3 is 2.65 bits per heavy atom. The monoisotopic (exact) mass is 252 g/mol. The Bertz CT molecular complexity index is 358. The molecule has 1 heterocycles. The molecular formula is C12H20N4S. The molecule has 2 fully saturated rings. The number of hydrogen-bond acceptors (Lipinski definition) is 4. The van der Waals surface area contributed by atoms with Gasteiger partial charge in [0.15, 0.2) is 5.16 Å². The lowest BCUT2D eigenvalue weighted by Gasteiger charge is -2.17. The van der Waals surface area contributed by atoms with Crippen LogP contribution in [0.2, 0.25) is 0 Å². The summed E-state index contributed by atoms with van der Waals surface area (Å²) in [5, 5.41) is 8.83. The second kappa shape index (κ2) is 4.98. The first kappa shape index (κ1) is 11.5. The van der Waals surface area contributed by atoms with Gasteiger partial charge in [-0.05, 0) is 37.5 Å². The molecule has 1 aromatic rings. The molecule has 0 unspecified atom stereocenters. The summed E-state index contributed by atoms with van der Waals surface area (Å²) in [6.07, 6.45) is 7.41. The van der Waals surface area contributed by atoms with Crippen LogP contribution in [0.5, 0.6) is 0 Å². The molecule has 0 bridgehead atoms. The summed E-state index contributed by atoms with van der Waals surface area (Å²) in [7, 11) is 1.94. The van der Waals surface area contributed by atoms with Gasteiger partial charge in [0, 0.05) is 25.4 Å². The van der Waals surface area contributed by atoms with E-state index in [2.05, 4.69) is 15.4 Å². The van der Waals surface area contributed by atoms with Crippen LogP contribution in [-0.2, 0) is 7.05 Å². The molecule has 3 rings (SSSR count). The van der Waals surface area contributed by atoms with E-state index >= 15 is 0 Å². The molecule has 0 aromatic carbocycles. The van der Waals surface area contributed by atoms with Gasteiger partial charge in [0.05, 0.1) is 0 Å². The maximum Gasteiger partial charge on any atom is 0.185 e. The van der Waals surface area contributed by atoms with E-state index in [1.807, 2.05) is 11.7 Å². The summed E-state index contributed by atoms with van der Waals surface area (Å²) >= 11 is 1.79. The predicted molar refractivity (Wildman–Crippen MR) is 69.0 cm³/mol. The highest BCUT2D eigenvalue weighted by atomic mass is 32.2. The summed E-state index contributed by atoms with van der Waals surface area (Å²) in [5.41, 5.74) is 0. The summed E-state index contributed by atoms with van der Waals surface area (Å²) in [6.45, 7) is 1.09. The summed E-state index contributed by atoms with van der Waals surface area (Å²) in [4.78, 5) is 4.21. The predicted octanol–water partition coefficient (Wildman–Crippen LogP) is 1.69. The molecule has 1 N–H and O–H groups in total. The number of aryl methyl sites for hydroxylation is 1. The van der Waals surface area contributed by atoms with Crippen LogP contribution in [-0.4, -0.2) is 33.1 Å². The van der Waals surface area contributed by atoms with E-state index in [1.165, 1.54) is 25.7 Å². The lowest BCUT2D eigenvalue weighted by atomic mass is 10.1. The average molecular weight is 252 g/mol. The van der Waals surface area contributed by atoms with E-state index in [0.29, 0.717) is 0 Å². The van der Waals surface area contributed by atoms with Gasteiger partial charge in [-0.1, -0.05) is 11.8 Å². The fourth-order valence-electron chi connectivity index (χ4n) is 2.41. The molecular weight excluding hydrogens is 232 g/mol. The number of nitrogens with zero attached hydrogens (tertiary/aromatic N) is 3. The van der Waals surface area contributed by atoms with E-state index in [9.17, 15) is 0 Å². The molecule has 1 aromatic heterocycles. The maximum atomic E-state index is 4.21. The fourth-order valence-corrected chi connectivity index (χ4v) is 3.17. The molecule has 94 valence electrons. The molecule has 0 radical (unpaired) electrons. The minimum absolute atomic E-state index is 0.815. The Morgan fingerprint density at radius 1 is 1.41 bits per heavy atom. The van der Waals surface area contributed by atoms with Gasteiger partial charge < -0.3 is 5.32 Å². The quantitative estimate of drug-likeness (QED) is 0.592. The summed E-state index contributed by atoms with van der Waals surface area (Å²) in [5.74, 6) is 3.06. The highest BCUT2D eigenvalue weighted by Gasteiger charge is 2.40. The van der Waals surface area contributed by atoms with Crippen molar-refractivity contribution in [3.8, 4) is 0 Å². The molecule has 0 aliphatic heterocycles. The molecule has 0 atom stereocenters. The van der Waals surface area contributed by atoms with Crippen LogP contribution in [0.3, 0.4) is 0 Å². The molecule has 0 saturated heterocycles. The van der Waals surface area contributed by atoms with E-state index < -0.39 is 0 Å². The SMILES string of the molecule is Cn1ncnc1SCCNC(C1CC1)C1CC1. The van der Waals surface area contributed by atoms with Gasteiger partial charge in [-0.15, -0.1) is 0 Å². The lowest BCUT2D eigenvalue weighted by molar-refractivity contribution is 0.429. The van der Waals surface area contributed by atoms with Crippen molar-refractivity contribution in [1.82, 2.24) is 20.1 Å². The third kappa shape index (κ3) is 3.01. The van der Waals surface area contributed by atoms with E-state index in [4.69, 9.17) is 0 Å². The number of thioether (sulfide) groups is 1. The van der Waals surface area contributed by atoms with Gasteiger partial charge >= 0.3 is 0 Å². The van der Waals surface area contributed by atoms with Crippen molar-refractivity contribution in [3.05, 3.63) is 6.33 Å².